The normalized spacial score (nSPS) is 43.5. The number of allylic oxidation sites excluding steroid dienone is 1. The van der Waals surface area contributed by atoms with Gasteiger partial charge in [-0.05, 0) is 67.8 Å². The zero-order valence-corrected chi connectivity index (χ0v) is 17.2. The molecule has 29 heavy (non-hydrogen) atoms. The molecule has 0 bridgehead atoms. The van der Waals surface area contributed by atoms with E-state index >= 15 is 0 Å². The Morgan fingerprint density at radius 2 is 2.03 bits per heavy atom. The monoisotopic (exact) mass is 402 g/mol. The van der Waals surface area contributed by atoms with Gasteiger partial charge in [-0.25, -0.2) is 0 Å². The lowest BCUT2D eigenvalue weighted by molar-refractivity contribution is -0.159. The van der Waals surface area contributed by atoms with Crippen LogP contribution in [0.3, 0.4) is 0 Å². The van der Waals surface area contributed by atoms with E-state index in [4.69, 9.17) is 4.74 Å². The molecule has 0 saturated heterocycles. The number of carbonyl (C=O) groups excluding carboxylic acids is 4. The molecular formula is C23H30O6. The largest absolute Gasteiger partial charge is 0.458 e. The third kappa shape index (κ3) is 3.02. The number of carbonyl (C=O) groups is 4. The number of Topliss-reactive ketones (excluding diaryl/α,β-unsaturated/α-hetero) is 1. The molecule has 4 aliphatic carbocycles. The number of esters is 1. The lowest BCUT2D eigenvalue weighted by atomic mass is 9.45. The second-order valence-electron chi connectivity index (χ2n) is 9.77. The van der Waals surface area contributed by atoms with E-state index in [0.29, 0.717) is 12.8 Å². The molecule has 6 nitrogen and oxygen atoms in total. The number of ketones is 2. The average molecular weight is 402 g/mol. The fourth-order valence-corrected chi connectivity index (χ4v) is 7.34. The summed E-state index contributed by atoms with van der Waals surface area (Å²) < 4.78 is 4.91. The minimum Gasteiger partial charge on any atom is -0.458 e. The van der Waals surface area contributed by atoms with Crippen molar-refractivity contribution in [3.8, 4) is 0 Å². The van der Waals surface area contributed by atoms with Crippen LogP contribution < -0.4 is 0 Å². The Balaban J connectivity index is 1.65. The molecule has 158 valence electrons. The van der Waals surface area contributed by atoms with Crippen molar-refractivity contribution in [3.63, 3.8) is 0 Å². The van der Waals surface area contributed by atoms with Crippen molar-refractivity contribution in [1.82, 2.24) is 0 Å². The van der Waals surface area contributed by atoms with Crippen LogP contribution in [0, 0.1) is 34.5 Å². The summed E-state index contributed by atoms with van der Waals surface area (Å²) in [6.45, 7) is 3.12. The number of aldehydes is 1. The smallest absolute Gasteiger partial charge is 0.303 e. The van der Waals surface area contributed by atoms with E-state index in [0.717, 1.165) is 37.5 Å². The fourth-order valence-electron chi connectivity index (χ4n) is 7.34. The highest BCUT2D eigenvalue weighted by molar-refractivity contribution is 5.92. The van der Waals surface area contributed by atoms with Gasteiger partial charge in [0.1, 0.15) is 12.9 Å². The zero-order chi connectivity index (χ0) is 21.0. The van der Waals surface area contributed by atoms with Gasteiger partial charge in [0.15, 0.2) is 11.6 Å². The van der Waals surface area contributed by atoms with E-state index in [9.17, 15) is 24.3 Å². The molecule has 7 atom stereocenters. The Kier molecular flexibility index (Phi) is 5.04. The lowest BCUT2D eigenvalue weighted by Gasteiger charge is -2.59. The first-order chi connectivity index (χ1) is 13.7. The molecule has 0 radical (unpaired) electrons. The van der Waals surface area contributed by atoms with Crippen LogP contribution in [0.4, 0.5) is 0 Å². The third-order valence-corrected chi connectivity index (χ3v) is 8.53. The first-order valence-electron chi connectivity index (χ1n) is 10.8. The van der Waals surface area contributed by atoms with Gasteiger partial charge in [0.25, 0.3) is 0 Å². The molecule has 6 heteroatoms. The molecule has 4 aliphatic rings. The molecule has 0 heterocycles. The maximum atomic E-state index is 12.8. The molecule has 3 saturated carbocycles. The Morgan fingerprint density at radius 3 is 2.72 bits per heavy atom. The molecule has 4 unspecified atom stereocenters. The van der Waals surface area contributed by atoms with Crippen LogP contribution in [0.5, 0.6) is 0 Å². The molecule has 1 N–H and O–H groups in total. The van der Waals surface area contributed by atoms with E-state index in [2.05, 4.69) is 6.92 Å². The summed E-state index contributed by atoms with van der Waals surface area (Å²) in [5.74, 6) is -0.843. The van der Waals surface area contributed by atoms with Gasteiger partial charge in [0.05, 0.1) is 6.10 Å². The number of hydrogen-bond donors (Lipinski definition) is 1. The van der Waals surface area contributed by atoms with Gasteiger partial charge in [0, 0.05) is 24.7 Å². The van der Waals surface area contributed by atoms with Crippen molar-refractivity contribution >= 4 is 23.8 Å². The van der Waals surface area contributed by atoms with Crippen molar-refractivity contribution in [3.05, 3.63) is 11.6 Å². The maximum Gasteiger partial charge on any atom is 0.303 e. The molecule has 4 rings (SSSR count). The predicted octanol–water partition coefficient (Wildman–Crippen LogP) is 2.42. The fraction of sp³-hybridized carbons (Fsp3) is 0.739. The molecule has 0 aromatic carbocycles. The molecular weight excluding hydrogens is 372 g/mol. The average Bonchev–Trinajstić information content (AvgIpc) is 3.06. The highest BCUT2D eigenvalue weighted by Gasteiger charge is 2.64. The minimum absolute atomic E-state index is 0.0102. The SMILES string of the molecule is CC(=O)OCC(=O)[C@H]1CCC2C3CCC4=CC(=O)CC[C@]4(C)C3C(O)C[C@@]21C=O. The Hall–Kier alpha value is -1.82. The van der Waals surface area contributed by atoms with Gasteiger partial charge in [-0.1, -0.05) is 12.5 Å². The van der Waals surface area contributed by atoms with Crippen LogP contribution in [0.1, 0.15) is 58.8 Å². The third-order valence-electron chi connectivity index (χ3n) is 8.53. The van der Waals surface area contributed by atoms with E-state index < -0.39 is 23.4 Å². The highest BCUT2D eigenvalue weighted by Crippen LogP contribution is 2.66. The number of aliphatic hydroxyl groups excluding tert-OH is 1. The molecule has 0 aromatic heterocycles. The van der Waals surface area contributed by atoms with Gasteiger partial charge in [0.2, 0.25) is 0 Å². The van der Waals surface area contributed by atoms with Crippen molar-refractivity contribution in [1.29, 1.82) is 0 Å². The van der Waals surface area contributed by atoms with Crippen molar-refractivity contribution in [2.75, 3.05) is 6.61 Å². The molecule has 0 aromatic rings. The minimum atomic E-state index is -0.875. The summed E-state index contributed by atoms with van der Waals surface area (Å²) in [4.78, 5) is 48.3. The number of fused-ring (bicyclic) bond motifs is 5. The van der Waals surface area contributed by atoms with Crippen molar-refractivity contribution in [2.24, 2.45) is 34.5 Å². The van der Waals surface area contributed by atoms with E-state index in [1.54, 1.807) is 6.08 Å². The van der Waals surface area contributed by atoms with Gasteiger partial charge in [-0.3, -0.25) is 14.4 Å². The number of hydrogen-bond acceptors (Lipinski definition) is 6. The second kappa shape index (κ2) is 7.15. The number of ether oxygens (including phenoxy) is 1. The summed E-state index contributed by atoms with van der Waals surface area (Å²) in [5, 5.41) is 11.3. The Morgan fingerprint density at radius 1 is 1.28 bits per heavy atom. The van der Waals surface area contributed by atoms with Crippen LogP contribution in [0.2, 0.25) is 0 Å². The summed E-state index contributed by atoms with van der Waals surface area (Å²) in [7, 11) is 0. The first-order valence-corrected chi connectivity index (χ1v) is 10.8. The van der Waals surface area contributed by atoms with Crippen LogP contribution in [0.15, 0.2) is 11.6 Å². The molecule has 3 fully saturated rings. The molecule has 0 amide bonds. The summed E-state index contributed by atoms with van der Waals surface area (Å²) in [6.07, 6.45) is 6.55. The summed E-state index contributed by atoms with van der Waals surface area (Å²) in [6, 6.07) is 0. The first kappa shape index (κ1) is 20.5. The number of aliphatic hydroxyl groups is 1. The zero-order valence-electron chi connectivity index (χ0n) is 17.2. The van der Waals surface area contributed by atoms with Crippen LogP contribution in [-0.2, 0) is 23.9 Å². The van der Waals surface area contributed by atoms with Crippen LogP contribution >= 0.6 is 0 Å². The molecule has 0 aliphatic heterocycles. The van der Waals surface area contributed by atoms with Crippen LogP contribution in [-0.4, -0.2) is 41.6 Å². The summed E-state index contributed by atoms with van der Waals surface area (Å²) >= 11 is 0. The highest BCUT2D eigenvalue weighted by atomic mass is 16.5. The molecule has 0 spiro atoms. The van der Waals surface area contributed by atoms with Crippen LogP contribution in [0.25, 0.3) is 0 Å². The number of rotatable bonds is 4. The van der Waals surface area contributed by atoms with Gasteiger partial charge in [-0.15, -0.1) is 0 Å². The second-order valence-corrected chi connectivity index (χ2v) is 9.77. The maximum absolute atomic E-state index is 12.8. The Bertz CT molecular complexity index is 784. The van der Waals surface area contributed by atoms with Gasteiger partial charge >= 0.3 is 5.97 Å². The van der Waals surface area contributed by atoms with Gasteiger partial charge in [-0.2, -0.15) is 0 Å². The quantitative estimate of drug-likeness (QED) is 0.573. The van der Waals surface area contributed by atoms with Gasteiger partial charge < -0.3 is 14.6 Å². The topological polar surface area (TPSA) is 97.7 Å². The predicted molar refractivity (Wildman–Crippen MR) is 104 cm³/mol. The lowest BCUT2D eigenvalue weighted by Crippen LogP contribution is -2.58. The Labute approximate surface area is 171 Å². The van der Waals surface area contributed by atoms with E-state index in [1.165, 1.54) is 6.92 Å². The van der Waals surface area contributed by atoms with E-state index in [-0.39, 0.29) is 47.8 Å². The standard InChI is InChI=1S/C23H30O6/c1-13(25)29-11-20(28)18-6-5-17-16-4-3-14-9-15(26)7-8-22(14,2)21(16)19(27)10-23(17,18)12-24/h9,12,16-19,21,27H,3-8,10-11H2,1-2H3/t16?,17?,18-,19?,21?,22+,23-/m1/s1. The summed E-state index contributed by atoms with van der Waals surface area (Å²) in [5.41, 5.74) is 0.0542. The van der Waals surface area contributed by atoms with Crippen molar-refractivity contribution < 1.29 is 29.0 Å². The van der Waals surface area contributed by atoms with E-state index in [1.807, 2.05) is 0 Å². The van der Waals surface area contributed by atoms with Crippen molar-refractivity contribution in [2.45, 2.75) is 64.9 Å².